The summed E-state index contributed by atoms with van der Waals surface area (Å²) in [6.45, 7) is 7.98. The zero-order valence-corrected chi connectivity index (χ0v) is 23.3. The Morgan fingerprint density at radius 2 is 1.59 bits per heavy atom. The van der Waals surface area contributed by atoms with Crippen LogP contribution in [0.25, 0.3) is 11.1 Å². The fourth-order valence-electron chi connectivity index (χ4n) is 4.90. The average Bonchev–Trinajstić information content (AvgIpc) is 3.37. The van der Waals surface area contributed by atoms with E-state index in [1.54, 1.807) is 7.11 Å². The molecule has 0 saturated carbocycles. The Morgan fingerprint density at radius 3 is 2.26 bits per heavy atom. The Hall–Kier alpha value is -3.68. The number of fused-ring (bicyclic) bond motifs is 1. The highest BCUT2D eigenvalue weighted by molar-refractivity contribution is 5.89. The molecule has 0 unspecified atom stereocenters. The number of amides is 1. The molecule has 7 nitrogen and oxygen atoms in total. The first-order chi connectivity index (χ1) is 18.9. The van der Waals surface area contributed by atoms with Gasteiger partial charge in [0, 0.05) is 45.2 Å². The molecule has 0 bridgehead atoms. The van der Waals surface area contributed by atoms with Crippen molar-refractivity contribution in [2.45, 2.75) is 39.4 Å². The third-order valence-corrected chi connectivity index (χ3v) is 6.94. The molecule has 0 radical (unpaired) electrons. The lowest BCUT2D eigenvalue weighted by molar-refractivity contribution is -0.120. The fraction of sp³-hybridized carbons (Fsp3) is 0.375. The van der Waals surface area contributed by atoms with E-state index in [0.717, 1.165) is 29.9 Å². The molecule has 0 spiro atoms. The van der Waals surface area contributed by atoms with Gasteiger partial charge in [-0.1, -0.05) is 74.5 Å². The van der Waals surface area contributed by atoms with Crippen molar-refractivity contribution in [1.82, 2.24) is 15.5 Å². The maximum Gasteiger partial charge on any atom is 0.239 e. The number of nitrogens with zero attached hydrogens (tertiary/aromatic N) is 2. The van der Waals surface area contributed by atoms with Gasteiger partial charge in [-0.3, -0.25) is 14.5 Å². The predicted octanol–water partition coefficient (Wildman–Crippen LogP) is 4.26. The molecule has 3 aromatic carbocycles. The minimum Gasteiger partial charge on any atom is -0.495 e. The lowest BCUT2D eigenvalue weighted by Crippen LogP contribution is -2.42. The molecule has 0 atom stereocenters. The summed E-state index contributed by atoms with van der Waals surface area (Å²) < 4.78 is 5.68. The number of ether oxygens (including phenoxy) is 1. The molecule has 1 aliphatic heterocycles. The zero-order valence-electron chi connectivity index (χ0n) is 23.3. The smallest absolute Gasteiger partial charge is 0.239 e. The van der Waals surface area contributed by atoms with E-state index in [9.17, 15) is 9.59 Å². The zero-order chi connectivity index (χ0) is 27.6. The van der Waals surface area contributed by atoms with Crippen molar-refractivity contribution < 1.29 is 14.3 Å². The number of ketones is 1. The first-order valence-electron chi connectivity index (χ1n) is 13.7. The Labute approximate surface area is 232 Å². The number of hydrogen-bond acceptors (Lipinski definition) is 6. The lowest BCUT2D eigenvalue weighted by atomic mass is 10.0. The van der Waals surface area contributed by atoms with Crippen LogP contribution in [-0.2, 0) is 22.7 Å². The molecule has 2 N–H and O–H groups in total. The first-order valence-corrected chi connectivity index (χ1v) is 13.7. The van der Waals surface area contributed by atoms with Crippen molar-refractivity contribution in [3.63, 3.8) is 0 Å². The van der Waals surface area contributed by atoms with Crippen LogP contribution in [0.3, 0.4) is 0 Å². The monoisotopic (exact) mass is 528 g/mol. The van der Waals surface area contributed by atoms with Gasteiger partial charge in [0.2, 0.25) is 5.91 Å². The van der Waals surface area contributed by atoms with Crippen LogP contribution in [0.4, 0.5) is 5.69 Å². The van der Waals surface area contributed by atoms with Crippen LogP contribution >= 0.6 is 0 Å². The highest BCUT2D eigenvalue weighted by Crippen LogP contribution is 2.33. The molecule has 3 aromatic rings. The van der Waals surface area contributed by atoms with Gasteiger partial charge < -0.3 is 20.3 Å². The Bertz CT molecular complexity index is 1220. The average molecular weight is 529 g/mol. The number of anilines is 1. The molecule has 0 fully saturated rings. The maximum atomic E-state index is 13.3. The number of Topliss-reactive ketones (excluding diaryl/α,β-unsaturated/α-hetero) is 1. The summed E-state index contributed by atoms with van der Waals surface area (Å²) in [5.74, 6) is 0.592. The lowest BCUT2D eigenvalue weighted by Gasteiger charge is -2.26. The third-order valence-electron chi connectivity index (χ3n) is 6.94. The van der Waals surface area contributed by atoms with Gasteiger partial charge >= 0.3 is 0 Å². The van der Waals surface area contributed by atoms with Crippen LogP contribution in [0.15, 0.2) is 72.8 Å². The van der Waals surface area contributed by atoms with Crippen LogP contribution in [0.5, 0.6) is 5.75 Å². The standard InChI is InChI=1S/C32H40N4O3/c1-24(2)33-16-17-34-32(38)23-36(22-29(37)15-18-35-20-27-11-7-8-12-28(27)21-35)30-19-26(13-14-31(30)39-3)25-9-5-4-6-10-25/h4-14,19,24,33H,15-18,20-23H2,1-3H3,(H,34,38). The molecule has 0 aliphatic carbocycles. The molecular weight excluding hydrogens is 488 g/mol. The summed E-state index contributed by atoms with van der Waals surface area (Å²) >= 11 is 0. The van der Waals surface area contributed by atoms with E-state index in [1.807, 2.05) is 53.4 Å². The van der Waals surface area contributed by atoms with Gasteiger partial charge in [-0.25, -0.2) is 0 Å². The summed E-state index contributed by atoms with van der Waals surface area (Å²) in [6, 6.07) is 24.8. The van der Waals surface area contributed by atoms with Gasteiger partial charge in [0.15, 0.2) is 5.78 Å². The van der Waals surface area contributed by atoms with Crippen molar-refractivity contribution in [1.29, 1.82) is 0 Å². The van der Waals surface area contributed by atoms with E-state index in [2.05, 4.69) is 53.6 Å². The molecule has 1 amide bonds. The van der Waals surface area contributed by atoms with E-state index in [-0.39, 0.29) is 24.8 Å². The number of methoxy groups -OCH3 is 1. The summed E-state index contributed by atoms with van der Waals surface area (Å²) in [4.78, 5) is 30.4. The van der Waals surface area contributed by atoms with Gasteiger partial charge in [-0.2, -0.15) is 0 Å². The second kappa shape index (κ2) is 13.9. The molecule has 206 valence electrons. The molecule has 1 heterocycles. The summed E-state index contributed by atoms with van der Waals surface area (Å²) in [5.41, 5.74) is 5.46. The predicted molar refractivity (Wildman–Crippen MR) is 157 cm³/mol. The second-order valence-corrected chi connectivity index (χ2v) is 10.3. The van der Waals surface area contributed by atoms with Crippen LogP contribution < -0.4 is 20.3 Å². The minimum absolute atomic E-state index is 0.0666. The summed E-state index contributed by atoms with van der Waals surface area (Å²) in [7, 11) is 1.61. The molecule has 1 aliphatic rings. The molecule has 0 aromatic heterocycles. The van der Waals surface area contributed by atoms with Crippen LogP contribution in [0, 0.1) is 0 Å². The highest BCUT2D eigenvalue weighted by atomic mass is 16.5. The Balaban J connectivity index is 1.47. The van der Waals surface area contributed by atoms with Gasteiger partial charge in [-0.05, 0) is 34.4 Å². The Morgan fingerprint density at radius 1 is 0.897 bits per heavy atom. The fourth-order valence-corrected chi connectivity index (χ4v) is 4.90. The highest BCUT2D eigenvalue weighted by Gasteiger charge is 2.22. The number of nitrogens with one attached hydrogen (secondary N) is 2. The van der Waals surface area contributed by atoms with E-state index < -0.39 is 0 Å². The topological polar surface area (TPSA) is 73.9 Å². The van der Waals surface area contributed by atoms with Crippen LogP contribution in [-0.4, -0.2) is 62.5 Å². The van der Waals surface area contributed by atoms with Gasteiger partial charge in [0.25, 0.3) is 0 Å². The van der Waals surface area contributed by atoms with Crippen molar-refractivity contribution in [2.24, 2.45) is 0 Å². The van der Waals surface area contributed by atoms with Crippen molar-refractivity contribution >= 4 is 17.4 Å². The van der Waals surface area contributed by atoms with E-state index in [4.69, 9.17) is 4.74 Å². The first kappa shape index (κ1) is 28.3. The van der Waals surface area contributed by atoms with Crippen molar-refractivity contribution in [3.05, 3.63) is 83.9 Å². The van der Waals surface area contributed by atoms with Gasteiger partial charge in [-0.15, -0.1) is 0 Å². The summed E-state index contributed by atoms with van der Waals surface area (Å²) in [6.07, 6.45) is 0.422. The van der Waals surface area contributed by atoms with Crippen LogP contribution in [0.1, 0.15) is 31.4 Å². The Kier molecular flexibility index (Phi) is 10.1. The number of carbonyl (C=O) groups excluding carboxylic acids is 2. The van der Waals surface area contributed by atoms with Gasteiger partial charge in [0.05, 0.1) is 25.9 Å². The van der Waals surface area contributed by atoms with E-state index >= 15 is 0 Å². The van der Waals surface area contributed by atoms with Crippen molar-refractivity contribution in [2.75, 3.05) is 44.7 Å². The molecule has 39 heavy (non-hydrogen) atoms. The maximum absolute atomic E-state index is 13.3. The number of benzene rings is 3. The normalized spacial score (nSPS) is 12.8. The molecule has 4 rings (SSSR count). The largest absolute Gasteiger partial charge is 0.495 e. The molecule has 0 saturated heterocycles. The van der Waals surface area contributed by atoms with Crippen molar-refractivity contribution in [3.8, 4) is 16.9 Å². The third kappa shape index (κ3) is 8.15. The second-order valence-electron chi connectivity index (χ2n) is 10.3. The minimum atomic E-state index is -0.129. The van der Waals surface area contributed by atoms with Gasteiger partial charge in [0.1, 0.15) is 5.75 Å². The SMILES string of the molecule is COc1ccc(-c2ccccc2)cc1N(CC(=O)CCN1Cc2ccccc2C1)CC(=O)NCCNC(C)C. The number of rotatable bonds is 14. The molecular formula is C32H40N4O3. The molecule has 7 heteroatoms. The summed E-state index contributed by atoms with van der Waals surface area (Å²) in [5, 5.41) is 6.28. The van der Waals surface area contributed by atoms with E-state index in [0.29, 0.717) is 37.8 Å². The van der Waals surface area contributed by atoms with E-state index in [1.165, 1.54) is 11.1 Å². The van der Waals surface area contributed by atoms with Crippen LogP contribution in [0.2, 0.25) is 0 Å². The number of hydrogen-bond donors (Lipinski definition) is 2. The quantitative estimate of drug-likeness (QED) is 0.305. The number of carbonyl (C=O) groups is 2.